The van der Waals surface area contributed by atoms with Gasteiger partial charge in [0.1, 0.15) is 0 Å². The van der Waals surface area contributed by atoms with Crippen LogP contribution in [0.4, 0.5) is 4.79 Å². The predicted molar refractivity (Wildman–Crippen MR) is 37.2 cm³/mol. The van der Waals surface area contributed by atoms with Gasteiger partial charge in [0.05, 0.1) is 12.6 Å². The first-order chi connectivity index (χ1) is 5.24. The molecule has 62 valence electrons. The Morgan fingerprint density at radius 1 is 1.64 bits per heavy atom. The van der Waals surface area contributed by atoms with Gasteiger partial charge in [-0.25, -0.2) is 4.79 Å². The summed E-state index contributed by atoms with van der Waals surface area (Å²) in [6, 6.07) is -0.113. The van der Waals surface area contributed by atoms with Gasteiger partial charge in [-0.2, -0.15) is 0 Å². The standard InChI is InChI=1S/C7H11NO3/c9-3-6-5-1-4(5)2-8(6)7(10)11/h4-6,9H,1-3H2,(H,10,11)/t4-,5-,6-/m0/s1. The van der Waals surface area contributed by atoms with E-state index >= 15 is 0 Å². The molecule has 4 heteroatoms. The molecule has 1 amide bonds. The van der Waals surface area contributed by atoms with E-state index in [0.717, 1.165) is 6.42 Å². The molecule has 2 N–H and O–H groups in total. The van der Waals surface area contributed by atoms with E-state index in [1.54, 1.807) is 0 Å². The molecule has 3 atom stereocenters. The van der Waals surface area contributed by atoms with Gasteiger partial charge in [-0.05, 0) is 18.3 Å². The lowest BCUT2D eigenvalue weighted by atomic mass is 10.2. The molecule has 2 fully saturated rings. The van der Waals surface area contributed by atoms with Crippen molar-refractivity contribution in [3.05, 3.63) is 0 Å². The SMILES string of the molecule is O=C(O)N1C[C@@H]2C[C@@H]2[C@@H]1CO. The van der Waals surface area contributed by atoms with Crippen LogP contribution in [0.25, 0.3) is 0 Å². The average molecular weight is 157 g/mol. The number of hydrogen-bond donors (Lipinski definition) is 2. The van der Waals surface area contributed by atoms with E-state index < -0.39 is 6.09 Å². The molecular formula is C7H11NO3. The van der Waals surface area contributed by atoms with Crippen molar-refractivity contribution in [2.45, 2.75) is 12.5 Å². The fourth-order valence-electron chi connectivity index (χ4n) is 2.03. The fraction of sp³-hybridized carbons (Fsp3) is 0.857. The summed E-state index contributed by atoms with van der Waals surface area (Å²) in [5.41, 5.74) is 0. The van der Waals surface area contributed by atoms with E-state index in [1.807, 2.05) is 0 Å². The first kappa shape index (κ1) is 6.91. The van der Waals surface area contributed by atoms with E-state index in [0.29, 0.717) is 18.4 Å². The molecule has 0 aromatic heterocycles. The summed E-state index contributed by atoms with van der Waals surface area (Å²) in [6.45, 7) is 0.610. The number of carboxylic acid groups (broad SMARTS) is 1. The van der Waals surface area contributed by atoms with Crippen molar-refractivity contribution in [2.24, 2.45) is 11.8 Å². The van der Waals surface area contributed by atoms with E-state index in [4.69, 9.17) is 10.2 Å². The van der Waals surface area contributed by atoms with Gasteiger partial charge in [-0.15, -0.1) is 0 Å². The lowest BCUT2D eigenvalue weighted by Gasteiger charge is -2.22. The smallest absolute Gasteiger partial charge is 0.407 e. The summed E-state index contributed by atoms with van der Waals surface area (Å²) in [5.74, 6) is 0.999. The number of carbonyl (C=O) groups is 1. The van der Waals surface area contributed by atoms with Crippen molar-refractivity contribution >= 4 is 6.09 Å². The second-order valence-corrected chi connectivity index (χ2v) is 3.34. The number of nitrogens with zero attached hydrogens (tertiary/aromatic N) is 1. The average Bonchev–Trinajstić information content (AvgIpc) is 2.63. The van der Waals surface area contributed by atoms with E-state index in [-0.39, 0.29) is 12.6 Å². The molecule has 2 rings (SSSR count). The van der Waals surface area contributed by atoms with Crippen LogP contribution in [-0.4, -0.2) is 40.4 Å². The highest BCUT2D eigenvalue weighted by molar-refractivity contribution is 5.66. The molecule has 0 aromatic carbocycles. The molecule has 1 aliphatic carbocycles. The van der Waals surface area contributed by atoms with Crippen molar-refractivity contribution in [1.29, 1.82) is 0 Å². The van der Waals surface area contributed by atoms with Crippen LogP contribution in [0, 0.1) is 11.8 Å². The van der Waals surface area contributed by atoms with Crippen LogP contribution < -0.4 is 0 Å². The van der Waals surface area contributed by atoms with Gasteiger partial charge in [-0.1, -0.05) is 0 Å². The number of rotatable bonds is 1. The number of likely N-dealkylation sites (tertiary alicyclic amines) is 1. The second kappa shape index (κ2) is 2.11. The van der Waals surface area contributed by atoms with Crippen molar-refractivity contribution < 1.29 is 15.0 Å². The summed E-state index contributed by atoms with van der Waals surface area (Å²) in [7, 11) is 0. The van der Waals surface area contributed by atoms with Crippen molar-refractivity contribution in [1.82, 2.24) is 4.90 Å². The van der Waals surface area contributed by atoms with Crippen molar-refractivity contribution in [2.75, 3.05) is 13.2 Å². The third kappa shape index (κ3) is 0.894. The van der Waals surface area contributed by atoms with Gasteiger partial charge in [-0.3, -0.25) is 0 Å². The zero-order chi connectivity index (χ0) is 8.01. The van der Waals surface area contributed by atoms with E-state index in [9.17, 15) is 4.79 Å². The summed E-state index contributed by atoms with van der Waals surface area (Å²) in [6.07, 6.45) is 0.214. The topological polar surface area (TPSA) is 60.8 Å². The first-order valence-corrected chi connectivity index (χ1v) is 3.84. The van der Waals surface area contributed by atoms with Crippen LogP contribution in [-0.2, 0) is 0 Å². The van der Waals surface area contributed by atoms with Gasteiger partial charge in [0.2, 0.25) is 0 Å². The number of aliphatic hydroxyl groups is 1. The second-order valence-electron chi connectivity index (χ2n) is 3.34. The molecule has 0 bridgehead atoms. The highest BCUT2D eigenvalue weighted by Gasteiger charge is 2.53. The Hall–Kier alpha value is -0.770. The Balaban J connectivity index is 2.06. The van der Waals surface area contributed by atoms with Crippen LogP contribution in [0.2, 0.25) is 0 Å². The minimum atomic E-state index is -0.892. The summed E-state index contributed by atoms with van der Waals surface area (Å²) in [4.78, 5) is 11.9. The molecule has 0 aromatic rings. The number of aliphatic hydroxyl groups excluding tert-OH is 1. The molecule has 4 nitrogen and oxygen atoms in total. The first-order valence-electron chi connectivity index (χ1n) is 3.84. The minimum absolute atomic E-state index is 0.0204. The van der Waals surface area contributed by atoms with Gasteiger partial charge >= 0.3 is 6.09 Å². The van der Waals surface area contributed by atoms with Gasteiger partial charge < -0.3 is 15.1 Å². The lowest BCUT2D eigenvalue weighted by molar-refractivity contribution is 0.106. The zero-order valence-corrected chi connectivity index (χ0v) is 6.10. The number of hydrogen-bond acceptors (Lipinski definition) is 2. The Labute approximate surface area is 64.4 Å². The molecular weight excluding hydrogens is 146 g/mol. The summed E-state index contributed by atoms with van der Waals surface area (Å²) < 4.78 is 0. The van der Waals surface area contributed by atoms with Crippen LogP contribution in [0.1, 0.15) is 6.42 Å². The van der Waals surface area contributed by atoms with Crippen LogP contribution in [0.3, 0.4) is 0 Å². The molecule has 1 saturated carbocycles. The van der Waals surface area contributed by atoms with E-state index in [2.05, 4.69) is 0 Å². The Morgan fingerprint density at radius 3 is 2.82 bits per heavy atom. The molecule has 0 radical (unpaired) electrons. The zero-order valence-electron chi connectivity index (χ0n) is 6.10. The number of amides is 1. The molecule has 1 heterocycles. The van der Waals surface area contributed by atoms with Gasteiger partial charge in [0, 0.05) is 6.54 Å². The maximum Gasteiger partial charge on any atom is 0.407 e. The summed E-state index contributed by atoms with van der Waals surface area (Å²) >= 11 is 0. The van der Waals surface area contributed by atoms with E-state index in [1.165, 1.54) is 4.90 Å². The van der Waals surface area contributed by atoms with Crippen LogP contribution in [0.5, 0.6) is 0 Å². The monoisotopic (exact) mass is 157 g/mol. The highest BCUT2D eigenvalue weighted by atomic mass is 16.4. The van der Waals surface area contributed by atoms with Gasteiger partial charge in [0.25, 0.3) is 0 Å². The third-order valence-corrected chi connectivity index (χ3v) is 2.74. The molecule has 2 aliphatic rings. The Kier molecular flexibility index (Phi) is 1.32. The third-order valence-electron chi connectivity index (χ3n) is 2.74. The maximum atomic E-state index is 10.6. The Bertz CT molecular complexity index is 194. The normalized spacial score (nSPS) is 40.5. The minimum Gasteiger partial charge on any atom is -0.465 e. The summed E-state index contributed by atoms with van der Waals surface area (Å²) in [5, 5.41) is 17.5. The maximum absolute atomic E-state index is 10.6. The predicted octanol–water partition coefficient (Wildman–Crippen LogP) is -0.0230. The van der Waals surface area contributed by atoms with Crippen LogP contribution >= 0.6 is 0 Å². The van der Waals surface area contributed by atoms with Crippen molar-refractivity contribution in [3.8, 4) is 0 Å². The van der Waals surface area contributed by atoms with Gasteiger partial charge in [0.15, 0.2) is 0 Å². The van der Waals surface area contributed by atoms with Crippen molar-refractivity contribution in [3.63, 3.8) is 0 Å². The quantitative estimate of drug-likeness (QED) is 0.562. The fourth-order valence-corrected chi connectivity index (χ4v) is 2.03. The largest absolute Gasteiger partial charge is 0.465 e. The Morgan fingerprint density at radius 2 is 2.36 bits per heavy atom. The number of fused-ring (bicyclic) bond motifs is 1. The number of piperidine rings is 1. The molecule has 11 heavy (non-hydrogen) atoms. The lowest BCUT2D eigenvalue weighted by Crippen LogP contribution is -2.39. The molecule has 1 aliphatic heterocycles. The van der Waals surface area contributed by atoms with Crippen LogP contribution in [0.15, 0.2) is 0 Å². The molecule has 1 saturated heterocycles. The highest BCUT2D eigenvalue weighted by Crippen LogP contribution is 2.49. The molecule has 0 spiro atoms. The molecule has 0 unspecified atom stereocenters.